The number of benzene rings is 6. The highest BCUT2D eigenvalue weighted by atomic mass is 16.5. The van der Waals surface area contributed by atoms with E-state index in [0.717, 1.165) is 71.6 Å². The maximum absolute atomic E-state index is 14.2. The van der Waals surface area contributed by atoms with Crippen LogP contribution in [0.15, 0.2) is 164 Å². The summed E-state index contributed by atoms with van der Waals surface area (Å²) in [6.45, 7) is 0.546. The zero-order valence-electron chi connectivity index (χ0n) is 29.7. The van der Waals surface area contributed by atoms with E-state index in [0.29, 0.717) is 6.54 Å². The number of para-hydroxylation sites is 2. The van der Waals surface area contributed by atoms with Crippen LogP contribution in [0.4, 0.5) is 0 Å². The lowest BCUT2D eigenvalue weighted by Crippen LogP contribution is -2.47. The van der Waals surface area contributed by atoms with Gasteiger partial charge in [0, 0.05) is 40.1 Å². The Hall–Kier alpha value is -6.92. The largest absolute Gasteiger partial charge is 0.502 e. The maximum Gasteiger partial charge on any atom is 0.408 e. The number of rotatable bonds is 2. The number of ether oxygens (including phenoxy) is 1. The molecule has 3 aromatic heterocycles. The van der Waals surface area contributed by atoms with Crippen molar-refractivity contribution in [3.8, 4) is 28.3 Å². The second kappa shape index (κ2) is 12.6. The monoisotopic (exact) mass is 702 g/mol. The summed E-state index contributed by atoms with van der Waals surface area (Å²) in [5, 5.41) is 18.4. The van der Waals surface area contributed by atoms with E-state index in [4.69, 9.17) is 4.74 Å². The van der Waals surface area contributed by atoms with Gasteiger partial charge in [0.15, 0.2) is 25.1 Å². The first-order valence-electron chi connectivity index (χ1n) is 18.3. The molecule has 10 rings (SSSR count). The van der Waals surface area contributed by atoms with Crippen LogP contribution in [0.25, 0.3) is 65.9 Å². The van der Waals surface area contributed by atoms with Crippen molar-refractivity contribution in [2.45, 2.75) is 12.6 Å². The van der Waals surface area contributed by atoms with Crippen molar-refractivity contribution in [1.29, 1.82) is 0 Å². The molecule has 0 spiro atoms. The molecular formula is C48H36N3O3+3. The molecule has 6 nitrogen and oxygen atoms in total. The van der Waals surface area contributed by atoms with Crippen molar-refractivity contribution in [2.24, 2.45) is 7.05 Å². The Labute approximate surface area is 312 Å². The number of pyridine rings is 3. The van der Waals surface area contributed by atoms with E-state index < -0.39 is 12.0 Å². The Balaban J connectivity index is 1.36. The summed E-state index contributed by atoms with van der Waals surface area (Å²) in [4.78, 5) is 14.2. The highest BCUT2D eigenvalue weighted by molar-refractivity contribution is 6.10. The van der Waals surface area contributed by atoms with E-state index in [-0.39, 0.29) is 18.1 Å². The average Bonchev–Trinajstić information content (AvgIpc) is 3.23. The SMILES string of the molecule is C[n+]1c(-c2ccccc2C2c3ccccc3-c3c4ccccc4c4ccccc4[n+]3CCOC(=O)c3c(O)ccc[n+]32)c2ccccc2c2ccccc21. The highest BCUT2D eigenvalue weighted by Gasteiger charge is 2.40. The molecule has 0 amide bonds. The number of carbonyl (C=O) groups is 1. The number of aromatic hydroxyl groups is 1. The Morgan fingerprint density at radius 1 is 0.537 bits per heavy atom. The van der Waals surface area contributed by atoms with E-state index in [2.05, 4.69) is 162 Å². The number of cyclic esters (lactones) is 1. The lowest BCUT2D eigenvalue weighted by atomic mass is 9.86. The number of esters is 1. The molecule has 0 saturated carbocycles. The summed E-state index contributed by atoms with van der Waals surface area (Å²) < 4.78 is 12.6. The third kappa shape index (κ3) is 4.80. The van der Waals surface area contributed by atoms with Crippen LogP contribution in [0.3, 0.4) is 0 Å². The lowest BCUT2D eigenvalue weighted by molar-refractivity contribution is -0.707. The van der Waals surface area contributed by atoms with Gasteiger partial charge >= 0.3 is 11.7 Å². The number of aromatic nitrogens is 3. The highest BCUT2D eigenvalue weighted by Crippen LogP contribution is 2.41. The van der Waals surface area contributed by atoms with Crippen LogP contribution >= 0.6 is 0 Å². The van der Waals surface area contributed by atoms with Crippen LogP contribution in [0.1, 0.15) is 27.7 Å². The third-order valence-electron chi connectivity index (χ3n) is 11.1. The first-order valence-corrected chi connectivity index (χ1v) is 18.3. The molecule has 6 aromatic carbocycles. The second-order valence-electron chi connectivity index (χ2n) is 13.9. The summed E-state index contributed by atoms with van der Waals surface area (Å²) in [6.07, 6.45) is 1.89. The molecule has 4 heterocycles. The standard InChI is InChI=1S/C48H35N3O3/c1-49-41-25-12-10-17-33(41)31-15-2-4-19-35(31)44(49)37-21-6-7-22-38(37)46-40-24-9-8-23-39(40)45-36-20-5-3-16-32(36)34-18-11-13-26-42(34)50(45)29-30-54-48(53)47-43(52)27-14-28-51(46)47/h2-28,46H,29-30H2,1H3/q+2/p+1. The molecule has 1 N–H and O–H groups in total. The first kappa shape index (κ1) is 31.8. The minimum Gasteiger partial charge on any atom is -0.502 e. The fourth-order valence-corrected chi connectivity index (χ4v) is 8.80. The maximum atomic E-state index is 14.2. The fraction of sp³-hybridized carbons (Fsp3) is 0.0833. The average molecular weight is 703 g/mol. The number of hydrogen-bond acceptors (Lipinski definition) is 3. The topological polar surface area (TPSA) is 58.2 Å². The number of hydrogen-bond donors (Lipinski definition) is 1. The molecule has 54 heavy (non-hydrogen) atoms. The summed E-state index contributed by atoms with van der Waals surface area (Å²) in [5.41, 5.74) is 8.38. The molecule has 0 bridgehead atoms. The van der Waals surface area contributed by atoms with Crippen LogP contribution in [0.2, 0.25) is 0 Å². The van der Waals surface area contributed by atoms with E-state index in [9.17, 15) is 9.90 Å². The Kier molecular flexibility index (Phi) is 7.44. The molecule has 1 atom stereocenters. The molecule has 0 aliphatic carbocycles. The van der Waals surface area contributed by atoms with Gasteiger partial charge in [0.2, 0.25) is 28.5 Å². The van der Waals surface area contributed by atoms with Crippen molar-refractivity contribution in [3.63, 3.8) is 0 Å². The molecule has 0 radical (unpaired) electrons. The van der Waals surface area contributed by atoms with Crippen molar-refractivity contribution < 1.29 is 28.3 Å². The lowest BCUT2D eigenvalue weighted by Gasteiger charge is -2.21. The Morgan fingerprint density at radius 3 is 1.70 bits per heavy atom. The predicted octanol–water partition coefficient (Wildman–Crippen LogP) is 8.55. The van der Waals surface area contributed by atoms with Gasteiger partial charge in [0.25, 0.3) is 0 Å². The van der Waals surface area contributed by atoms with Crippen LogP contribution in [-0.4, -0.2) is 17.7 Å². The minimum atomic E-state index is -0.580. The van der Waals surface area contributed by atoms with Crippen molar-refractivity contribution in [3.05, 3.63) is 181 Å². The molecule has 0 saturated heterocycles. The quantitative estimate of drug-likeness (QED) is 0.112. The van der Waals surface area contributed by atoms with Gasteiger partial charge in [-0.05, 0) is 42.5 Å². The molecular weight excluding hydrogens is 667 g/mol. The van der Waals surface area contributed by atoms with Gasteiger partial charge in [-0.25, -0.2) is 4.79 Å². The summed E-state index contributed by atoms with van der Waals surface area (Å²) >= 11 is 0. The van der Waals surface area contributed by atoms with Crippen molar-refractivity contribution in [1.82, 2.24) is 0 Å². The van der Waals surface area contributed by atoms with Crippen molar-refractivity contribution >= 4 is 49.3 Å². The van der Waals surface area contributed by atoms with Crippen LogP contribution in [-0.2, 0) is 18.3 Å². The van der Waals surface area contributed by atoms with E-state index in [1.165, 1.54) is 5.39 Å². The molecule has 9 aromatic rings. The Bertz CT molecular complexity index is 2990. The van der Waals surface area contributed by atoms with Gasteiger partial charge in [0.05, 0.1) is 32.7 Å². The van der Waals surface area contributed by atoms with Crippen LogP contribution in [0.5, 0.6) is 5.75 Å². The zero-order chi connectivity index (χ0) is 36.3. The first-order chi connectivity index (χ1) is 26.6. The number of fused-ring (bicyclic) bond motifs is 12. The second-order valence-corrected chi connectivity index (χ2v) is 13.9. The summed E-state index contributed by atoms with van der Waals surface area (Å²) in [6, 6.07) is 53.8. The van der Waals surface area contributed by atoms with Gasteiger partial charge in [-0.1, -0.05) is 97.1 Å². The molecule has 6 heteroatoms. The Morgan fingerprint density at radius 2 is 1.04 bits per heavy atom. The molecule has 258 valence electrons. The van der Waals surface area contributed by atoms with E-state index >= 15 is 0 Å². The van der Waals surface area contributed by atoms with Gasteiger partial charge < -0.3 is 9.84 Å². The van der Waals surface area contributed by atoms with E-state index in [1.807, 2.05) is 10.8 Å². The van der Waals surface area contributed by atoms with Crippen LogP contribution in [0, 0.1) is 0 Å². The van der Waals surface area contributed by atoms with Crippen LogP contribution < -0.4 is 13.7 Å². The van der Waals surface area contributed by atoms with Gasteiger partial charge in [-0.15, -0.1) is 0 Å². The third-order valence-corrected chi connectivity index (χ3v) is 11.1. The van der Waals surface area contributed by atoms with Gasteiger partial charge in [0.1, 0.15) is 7.05 Å². The molecule has 1 unspecified atom stereocenters. The molecule has 1 aliphatic heterocycles. The normalized spacial score (nSPS) is 14.3. The van der Waals surface area contributed by atoms with E-state index in [1.54, 1.807) is 12.1 Å². The number of nitrogens with zero attached hydrogens (tertiary/aromatic N) is 3. The summed E-state index contributed by atoms with van der Waals surface area (Å²) in [5.74, 6) is -0.714. The minimum absolute atomic E-state index is 0.102. The summed E-state index contributed by atoms with van der Waals surface area (Å²) in [7, 11) is 2.13. The molecule has 0 fully saturated rings. The number of aryl methyl sites for hydroxylation is 1. The zero-order valence-corrected chi connectivity index (χ0v) is 29.7. The molecule has 1 aliphatic rings. The number of carbonyl (C=O) groups excluding carboxylic acids is 1. The smallest absolute Gasteiger partial charge is 0.408 e. The predicted molar refractivity (Wildman–Crippen MR) is 211 cm³/mol. The van der Waals surface area contributed by atoms with Crippen molar-refractivity contribution in [2.75, 3.05) is 6.61 Å². The fourth-order valence-electron chi connectivity index (χ4n) is 8.80. The van der Waals surface area contributed by atoms with Gasteiger partial charge in [-0.2, -0.15) is 13.7 Å². The van der Waals surface area contributed by atoms with Gasteiger partial charge in [-0.3, -0.25) is 0 Å².